The summed E-state index contributed by atoms with van der Waals surface area (Å²) in [5.41, 5.74) is 2.71. The molecule has 2 aromatic rings. The quantitative estimate of drug-likeness (QED) is 0.787. The molecule has 0 aliphatic carbocycles. The van der Waals surface area contributed by atoms with Gasteiger partial charge in [0.05, 0.1) is 12.1 Å². The lowest BCUT2D eigenvalue weighted by molar-refractivity contribution is 0.0919. The molecule has 5 nitrogen and oxygen atoms in total. The highest BCUT2D eigenvalue weighted by Gasteiger charge is 2.26. The fraction of sp³-hybridized carbons (Fsp3) is 0.458. The van der Waals surface area contributed by atoms with Crippen molar-refractivity contribution >= 4 is 11.6 Å². The van der Waals surface area contributed by atoms with Gasteiger partial charge in [0.25, 0.3) is 5.91 Å². The lowest BCUT2D eigenvalue weighted by Crippen LogP contribution is -2.40. The molecule has 0 spiro atoms. The first-order valence-electron chi connectivity index (χ1n) is 10.3. The molecule has 3 rings (SSSR count). The molecule has 1 fully saturated rings. The second-order valence-electron chi connectivity index (χ2n) is 8.99. The molecule has 5 heteroatoms. The molecular formula is C24H33N3O2. The normalized spacial score (nSPS) is 18.4. The fourth-order valence-electron chi connectivity index (χ4n) is 3.79. The van der Waals surface area contributed by atoms with Crippen LogP contribution in [0, 0.1) is 0 Å². The number of likely N-dealkylation sites (N-methyl/N-ethyl adjacent to an activating group) is 1. The number of aliphatic hydroxyl groups excluding tert-OH is 1. The van der Waals surface area contributed by atoms with E-state index < -0.39 is 0 Å². The molecule has 0 radical (unpaired) electrons. The lowest BCUT2D eigenvalue weighted by atomic mass is 10.0. The Balaban J connectivity index is 1.78. The van der Waals surface area contributed by atoms with Crippen LogP contribution in [0.3, 0.4) is 0 Å². The van der Waals surface area contributed by atoms with Gasteiger partial charge in [0.15, 0.2) is 0 Å². The molecule has 0 bridgehead atoms. The van der Waals surface area contributed by atoms with Crippen molar-refractivity contribution in [2.45, 2.75) is 44.9 Å². The van der Waals surface area contributed by atoms with Crippen LogP contribution in [-0.4, -0.2) is 54.2 Å². The zero-order valence-electron chi connectivity index (χ0n) is 17.9. The van der Waals surface area contributed by atoms with E-state index in [0.29, 0.717) is 5.56 Å². The van der Waals surface area contributed by atoms with Crippen molar-refractivity contribution in [1.82, 2.24) is 10.2 Å². The molecule has 2 atom stereocenters. The summed E-state index contributed by atoms with van der Waals surface area (Å²) >= 11 is 0. The zero-order chi connectivity index (χ0) is 21.0. The molecule has 0 saturated carbocycles. The summed E-state index contributed by atoms with van der Waals surface area (Å²) in [5.74, 6) is -0.0580. The lowest BCUT2D eigenvalue weighted by Gasteiger charge is -2.33. The maximum absolute atomic E-state index is 12.4. The summed E-state index contributed by atoms with van der Waals surface area (Å²) in [6.07, 6.45) is 0.611. The second kappa shape index (κ2) is 8.97. The van der Waals surface area contributed by atoms with Gasteiger partial charge in [0.2, 0.25) is 0 Å². The zero-order valence-corrected chi connectivity index (χ0v) is 17.9. The number of nitrogens with zero attached hydrogens (tertiary/aromatic N) is 2. The second-order valence-corrected chi connectivity index (χ2v) is 8.99. The van der Waals surface area contributed by atoms with Gasteiger partial charge in [-0.15, -0.1) is 0 Å². The first-order chi connectivity index (χ1) is 13.7. The van der Waals surface area contributed by atoms with Crippen molar-refractivity contribution in [3.05, 3.63) is 65.7 Å². The highest BCUT2D eigenvalue weighted by Crippen LogP contribution is 2.28. The molecule has 1 aliphatic heterocycles. The highest BCUT2D eigenvalue weighted by molar-refractivity contribution is 5.95. The van der Waals surface area contributed by atoms with Gasteiger partial charge >= 0.3 is 0 Å². The number of benzene rings is 2. The minimum atomic E-state index is -0.259. The van der Waals surface area contributed by atoms with E-state index in [-0.39, 0.29) is 23.6 Å². The highest BCUT2D eigenvalue weighted by atomic mass is 16.3. The van der Waals surface area contributed by atoms with Crippen LogP contribution in [0.1, 0.15) is 49.2 Å². The van der Waals surface area contributed by atoms with Crippen LogP contribution in [0.15, 0.2) is 54.6 Å². The van der Waals surface area contributed by atoms with Crippen LogP contribution in [0.5, 0.6) is 0 Å². The predicted molar refractivity (Wildman–Crippen MR) is 118 cm³/mol. The Morgan fingerprint density at radius 3 is 2.38 bits per heavy atom. The fourth-order valence-corrected chi connectivity index (χ4v) is 3.79. The maximum Gasteiger partial charge on any atom is 0.251 e. The van der Waals surface area contributed by atoms with Crippen LogP contribution in [0.2, 0.25) is 0 Å². The number of likely N-dealkylation sites (tertiary alicyclic amines) is 1. The van der Waals surface area contributed by atoms with Crippen LogP contribution in [-0.2, 0) is 0 Å². The third-order valence-electron chi connectivity index (χ3n) is 5.36. The summed E-state index contributed by atoms with van der Waals surface area (Å²) in [6, 6.07) is 18.4. The van der Waals surface area contributed by atoms with Crippen molar-refractivity contribution in [2.24, 2.45) is 0 Å². The monoisotopic (exact) mass is 395 g/mol. The van der Waals surface area contributed by atoms with Gasteiger partial charge in [0.1, 0.15) is 0 Å². The van der Waals surface area contributed by atoms with Crippen molar-refractivity contribution in [2.75, 3.05) is 31.6 Å². The first kappa shape index (κ1) is 21.3. The third-order valence-corrected chi connectivity index (χ3v) is 5.36. The summed E-state index contributed by atoms with van der Waals surface area (Å²) in [5, 5.41) is 12.9. The number of amides is 1. The Kier molecular flexibility index (Phi) is 6.60. The van der Waals surface area contributed by atoms with Gasteiger partial charge in [-0.1, -0.05) is 30.3 Å². The standard InChI is InChI=1S/C24H33N3O2/c1-24(2,3)25-23(29)19-10-12-20(13-11-19)26(4)22(18-8-6-5-7-9-18)17-27-15-14-21(28)16-27/h5-13,21-22,28H,14-17H2,1-4H3,(H,25,29). The first-order valence-corrected chi connectivity index (χ1v) is 10.3. The van der Waals surface area contributed by atoms with Crippen molar-refractivity contribution in [3.63, 3.8) is 0 Å². The Hall–Kier alpha value is -2.37. The number of hydrogen-bond acceptors (Lipinski definition) is 4. The van der Waals surface area contributed by atoms with E-state index in [9.17, 15) is 9.90 Å². The van der Waals surface area contributed by atoms with Crippen molar-refractivity contribution in [1.29, 1.82) is 0 Å². The molecule has 2 N–H and O–H groups in total. The molecule has 2 unspecified atom stereocenters. The Morgan fingerprint density at radius 1 is 1.17 bits per heavy atom. The smallest absolute Gasteiger partial charge is 0.251 e. The van der Waals surface area contributed by atoms with E-state index in [4.69, 9.17) is 0 Å². The molecule has 1 aliphatic rings. The number of hydrogen-bond donors (Lipinski definition) is 2. The van der Waals surface area contributed by atoms with Crippen molar-refractivity contribution < 1.29 is 9.90 Å². The third kappa shape index (κ3) is 5.81. The van der Waals surface area contributed by atoms with Gasteiger partial charge in [-0.05, 0) is 57.0 Å². The minimum Gasteiger partial charge on any atom is -0.392 e. The SMILES string of the molecule is CN(c1ccc(C(=O)NC(C)(C)C)cc1)C(CN1CCC(O)C1)c1ccccc1. The molecule has 29 heavy (non-hydrogen) atoms. The maximum atomic E-state index is 12.4. The summed E-state index contributed by atoms with van der Waals surface area (Å²) in [6.45, 7) is 8.43. The largest absolute Gasteiger partial charge is 0.392 e. The summed E-state index contributed by atoms with van der Waals surface area (Å²) in [4.78, 5) is 17.0. The number of rotatable bonds is 6. The number of anilines is 1. The molecule has 1 saturated heterocycles. The Labute approximate surface area is 174 Å². The molecule has 2 aromatic carbocycles. The van der Waals surface area contributed by atoms with E-state index in [1.54, 1.807) is 0 Å². The van der Waals surface area contributed by atoms with E-state index in [1.165, 1.54) is 5.56 Å². The van der Waals surface area contributed by atoms with Crippen LogP contribution < -0.4 is 10.2 Å². The van der Waals surface area contributed by atoms with E-state index in [1.807, 2.05) is 51.1 Å². The number of aliphatic hydroxyl groups is 1. The number of β-amino-alcohol motifs (C(OH)–C–C–N with tert-alkyl or cyclic N) is 1. The average molecular weight is 396 g/mol. The topological polar surface area (TPSA) is 55.8 Å². The number of carbonyl (C=O) groups is 1. The number of nitrogens with one attached hydrogen (secondary N) is 1. The van der Waals surface area contributed by atoms with Crippen molar-refractivity contribution in [3.8, 4) is 0 Å². The van der Waals surface area contributed by atoms with E-state index >= 15 is 0 Å². The number of carbonyl (C=O) groups excluding carboxylic acids is 1. The van der Waals surface area contributed by atoms with Crippen LogP contribution in [0.25, 0.3) is 0 Å². The van der Waals surface area contributed by atoms with Gasteiger partial charge < -0.3 is 15.3 Å². The average Bonchev–Trinajstić information content (AvgIpc) is 3.10. The van der Waals surface area contributed by atoms with E-state index in [2.05, 4.69) is 46.4 Å². The van der Waals surface area contributed by atoms with Crippen LogP contribution in [0.4, 0.5) is 5.69 Å². The van der Waals surface area contributed by atoms with Gasteiger partial charge in [-0.25, -0.2) is 0 Å². The van der Waals surface area contributed by atoms with Gasteiger partial charge in [-0.3, -0.25) is 9.69 Å². The predicted octanol–water partition coefficient (Wildman–Crippen LogP) is 3.46. The van der Waals surface area contributed by atoms with Gasteiger partial charge in [0, 0.05) is 43.5 Å². The van der Waals surface area contributed by atoms with E-state index in [0.717, 1.165) is 31.7 Å². The Morgan fingerprint density at radius 2 is 1.83 bits per heavy atom. The molecule has 156 valence electrons. The molecule has 1 heterocycles. The van der Waals surface area contributed by atoms with Crippen LogP contribution >= 0.6 is 0 Å². The summed E-state index contributed by atoms with van der Waals surface area (Å²) < 4.78 is 0. The molecule has 1 amide bonds. The summed E-state index contributed by atoms with van der Waals surface area (Å²) in [7, 11) is 2.09. The Bertz CT molecular complexity index is 799. The minimum absolute atomic E-state index is 0.0580. The molecule has 0 aromatic heterocycles. The van der Waals surface area contributed by atoms with Gasteiger partial charge in [-0.2, -0.15) is 0 Å². The molecular weight excluding hydrogens is 362 g/mol.